The fourth-order valence-corrected chi connectivity index (χ4v) is 3.80. The van der Waals surface area contributed by atoms with E-state index in [1.54, 1.807) is 11.3 Å². The summed E-state index contributed by atoms with van der Waals surface area (Å²) in [5, 5.41) is 8.39. The molecule has 1 heterocycles. The minimum Gasteiger partial charge on any atom is -0.357 e. The molecular weight excluding hydrogens is 462 g/mol. The Morgan fingerprint density at radius 1 is 1.40 bits per heavy atom. The summed E-state index contributed by atoms with van der Waals surface area (Å²) in [4.78, 5) is 5.84. The smallest absolute Gasteiger partial charge is 0.357 e. The highest BCUT2D eigenvalue weighted by atomic mass is 127. The Labute approximate surface area is 168 Å². The van der Waals surface area contributed by atoms with Gasteiger partial charge >= 0.3 is 6.18 Å². The summed E-state index contributed by atoms with van der Waals surface area (Å²) in [7, 11) is 0. The van der Waals surface area contributed by atoms with Crippen molar-refractivity contribution in [2.24, 2.45) is 10.9 Å². The van der Waals surface area contributed by atoms with Crippen molar-refractivity contribution in [2.75, 3.05) is 13.1 Å². The average molecular weight is 489 g/mol. The molecule has 3 unspecified atom stereocenters. The van der Waals surface area contributed by atoms with Crippen LogP contribution in [0, 0.1) is 5.92 Å². The first-order valence-electron chi connectivity index (χ1n) is 8.55. The highest BCUT2D eigenvalue weighted by molar-refractivity contribution is 14.0. The average Bonchev–Trinajstić information content (AvgIpc) is 3.06. The highest BCUT2D eigenvalue weighted by Crippen LogP contribution is 2.37. The van der Waals surface area contributed by atoms with Gasteiger partial charge in [0.15, 0.2) is 5.96 Å². The maximum Gasteiger partial charge on any atom is 0.391 e. The number of alkyl halides is 3. The predicted octanol–water partition coefficient (Wildman–Crippen LogP) is 5.15. The molecule has 0 bridgehead atoms. The molecule has 3 nitrogen and oxygen atoms in total. The molecule has 1 aromatic rings. The Kier molecular flexibility index (Phi) is 9.55. The number of nitrogens with one attached hydrogen (secondary N) is 2. The van der Waals surface area contributed by atoms with Crippen molar-refractivity contribution in [1.29, 1.82) is 0 Å². The van der Waals surface area contributed by atoms with Gasteiger partial charge in [-0.15, -0.1) is 35.3 Å². The molecule has 3 atom stereocenters. The van der Waals surface area contributed by atoms with Crippen molar-refractivity contribution in [2.45, 2.75) is 57.7 Å². The normalized spacial score (nSPS) is 22.8. The van der Waals surface area contributed by atoms with Gasteiger partial charge in [-0.1, -0.05) is 19.4 Å². The predicted molar refractivity (Wildman–Crippen MR) is 109 cm³/mol. The molecule has 0 radical (unpaired) electrons. The van der Waals surface area contributed by atoms with E-state index in [4.69, 9.17) is 0 Å². The molecule has 25 heavy (non-hydrogen) atoms. The third-order valence-corrected chi connectivity index (χ3v) is 5.48. The Hall–Kier alpha value is -0.510. The van der Waals surface area contributed by atoms with E-state index in [9.17, 15) is 13.2 Å². The summed E-state index contributed by atoms with van der Waals surface area (Å²) in [6, 6.07) is 3.93. The molecule has 0 spiro atoms. The number of thiophene rings is 1. The zero-order valence-electron chi connectivity index (χ0n) is 14.6. The lowest BCUT2D eigenvalue weighted by molar-refractivity contribution is -0.183. The fourth-order valence-electron chi connectivity index (χ4n) is 3.02. The van der Waals surface area contributed by atoms with Gasteiger partial charge in [-0.25, -0.2) is 0 Å². The first-order chi connectivity index (χ1) is 11.4. The van der Waals surface area contributed by atoms with Crippen molar-refractivity contribution < 1.29 is 13.2 Å². The Balaban J connectivity index is 0.00000312. The summed E-state index contributed by atoms with van der Waals surface area (Å²) < 4.78 is 38.8. The zero-order chi connectivity index (χ0) is 17.6. The zero-order valence-corrected chi connectivity index (χ0v) is 17.8. The summed E-state index contributed by atoms with van der Waals surface area (Å²) in [6.07, 6.45) is -2.35. The van der Waals surface area contributed by atoms with Gasteiger partial charge in [-0.05, 0) is 37.6 Å². The topological polar surface area (TPSA) is 36.4 Å². The summed E-state index contributed by atoms with van der Waals surface area (Å²) in [5.41, 5.74) is 0. The van der Waals surface area contributed by atoms with Gasteiger partial charge < -0.3 is 10.6 Å². The van der Waals surface area contributed by atoms with Crippen molar-refractivity contribution in [3.05, 3.63) is 22.4 Å². The van der Waals surface area contributed by atoms with E-state index in [1.807, 2.05) is 18.4 Å². The second-order valence-corrected chi connectivity index (χ2v) is 7.36. The Bertz CT molecular complexity index is 520. The van der Waals surface area contributed by atoms with Crippen LogP contribution in [0.25, 0.3) is 0 Å². The largest absolute Gasteiger partial charge is 0.391 e. The molecular formula is C17H27F3IN3S. The van der Waals surface area contributed by atoms with Crippen LogP contribution in [-0.2, 0) is 0 Å². The second-order valence-electron chi connectivity index (χ2n) is 6.38. The van der Waals surface area contributed by atoms with Crippen LogP contribution in [0.5, 0.6) is 0 Å². The molecule has 2 N–H and O–H groups in total. The van der Waals surface area contributed by atoms with Crippen molar-refractivity contribution in [3.63, 3.8) is 0 Å². The maximum atomic E-state index is 12.9. The van der Waals surface area contributed by atoms with Crippen LogP contribution < -0.4 is 10.6 Å². The maximum absolute atomic E-state index is 12.9. The fraction of sp³-hybridized carbons (Fsp3) is 0.706. The molecule has 0 aromatic carbocycles. The van der Waals surface area contributed by atoms with Gasteiger partial charge in [0.05, 0.1) is 12.5 Å². The van der Waals surface area contributed by atoms with E-state index in [0.717, 1.165) is 6.42 Å². The van der Waals surface area contributed by atoms with E-state index in [2.05, 4.69) is 28.6 Å². The van der Waals surface area contributed by atoms with Crippen LogP contribution in [-0.4, -0.2) is 31.3 Å². The van der Waals surface area contributed by atoms with E-state index in [-0.39, 0.29) is 42.9 Å². The van der Waals surface area contributed by atoms with E-state index in [1.165, 1.54) is 4.88 Å². The Morgan fingerprint density at radius 3 is 2.76 bits per heavy atom. The molecule has 0 aliphatic heterocycles. The lowest BCUT2D eigenvalue weighted by Crippen LogP contribution is -2.47. The molecule has 1 saturated carbocycles. The van der Waals surface area contributed by atoms with Crippen LogP contribution in [0.2, 0.25) is 0 Å². The van der Waals surface area contributed by atoms with Gasteiger partial charge in [0.25, 0.3) is 0 Å². The number of hydrogen-bond donors (Lipinski definition) is 2. The number of hydrogen-bond acceptors (Lipinski definition) is 2. The third-order valence-electron chi connectivity index (χ3n) is 4.37. The molecule has 8 heteroatoms. The molecule has 1 aliphatic rings. The minimum absolute atomic E-state index is 0. The summed E-state index contributed by atoms with van der Waals surface area (Å²) >= 11 is 1.70. The van der Waals surface area contributed by atoms with Crippen LogP contribution in [0.1, 0.15) is 50.3 Å². The Morgan fingerprint density at radius 2 is 2.16 bits per heavy atom. The van der Waals surface area contributed by atoms with Gasteiger partial charge in [-0.2, -0.15) is 13.2 Å². The number of nitrogens with zero attached hydrogens (tertiary/aromatic N) is 1. The minimum atomic E-state index is -4.09. The number of rotatable bonds is 5. The molecule has 1 fully saturated rings. The molecule has 0 amide bonds. The van der Waals surface area contributed by atoms with Crippen LogP contribution in [0.15, 0.2) is 22.5 Å². The van der Waals surface area contributed by atoms with E-state index >= 15 is 0 Å². The van der Waals surface area contributed by atoms with Crippen molar-refractivity contribution in [3.8, 4) is 0 Å². The second kappa shape index (κ2) is 10.6. The first kappa shape index (κ1) is 22.5. The molecule has 1 aromatic heterocycles. The van der Waals surface area contributed by atoms with Gasteiger partial charge in [0, 0.05) is 23.4 Å². The van der Waals surface area contributed by atoms with Crippen molar-refractivity contribution in [1.82, 2.24) is 10.6 Å². The lowest BCUT2D eigenvalue weighted by Gasteiger charge is -2.32. The van der Waals surface area contributed by atoms with Crippen LogP contribution in [0.3, 0.4) is 0 Å². The monoisotopic (exact) mass is 489 g/mol. The molecule has 1 aliphatic carbocycles. The summed E-state index contributed by atoms with van der Waals surface area (Å²) in [5.74, 6) is -0.278. The van der Waals surface area contributed by atoms with Crippen LogP contribution in [0.4, 0.5) is 13.2 Å². The van der Waals surface area contributed by atoms with Crippen LogP contribution >= 0.6 is 35.3 Å². The molecule has 0 saturated heterocycles. The van der Waals surface area contributed by atoms with Crippen molar-refractivity contribution >= 4 is 41.3 Å². The first-order valence-corrected chi connectivity index (χ1v) is 9.43. The number of halogens is 4. The standard InChI is InChI=1S/C17H26F3N3S.HI/c1-3-21-16(22-11-12(2)15-8-5-9-24-15)23-14-7-4-6-13(10-14)17(18,19)20;/h5,8-9,12-14H,3-4,6-7,10-11H2,1-2H3,(H2,21,22,23);1H. The third kappa shape index (κ3) is 7.32. The van der Waals surface area contributed by atoms with E-state index < -0.39 is 12.1 Å². The number of guanidine groups is 1. The number of aliphatic imine (C=N–C) groups is 1. The van der Waals surface area contributed by atoms with E-state index in [0.29, 0.717) is 31.4 Å². The molecule has 144 valence electrons. The van der Waals surface area contributed by atoms with Gasteiger partial charge in [0.2, 0.25) is 0 Å². The summed E-state index contributed by atoms with van der Waals surface area (Å²) in [6.45, 7) is 5.37. The highest BCUT2D eigenvalue weighted by Gasteiger charge is 2.42. The molecule has 2 rings (SSSR count). The lowest BCUT2D eigenvalue weighted by atomic mass is 9.85. The van der Waals surface area contributed by atoms with Gasteiger partial charge in [0.1, 0.15) is 0 Å². The van der Waals surface area contributed by atoms with Gasteiger partial charge in [-0.3, -0.25) is 4.99 Å². The quantitative estimate of drug-likeness (QED) is 0.341. The SMILES string of the molecule is CCNC(=NCC(C)c1cccs1)NC1CCCC(C(F)(F)F)C1.I.